The predicted octanol–water partition coefficient (Wildman–Crippen LogP) is 3.03. The number of fused-ring (bicyclic) bond motifs is 1. The zero-order valence-electron chi connectivity index (χ0n) is 12.3. The third kappa shape index (κ3) is 1.96. The van der Waals surface area contributed by atoms with Crippen LogP contribution in [0.1, 0.15) is 60.9 Å². The van der Waals surface area contributed by atoms with Gasteiger partial charge in [-0.1, -0.05) is 37.5 Å². The Kier molecular flexibility index (Phi) is 3.47. The summed E-state index contributed by atoms with van der Waals surface area (Å²) in [5, 5.41) is 9.86. The molecule has 112 valence electrons. The number of hydrogen-bond donors (Lipinski definition) is 1. The molecule has 1 aromatic rings. The van der Waals surface area contributed by atoms with Crippen molar-refractivity contribution in [3.05, 3.63) is 35.4 Å². The minimum atomic E-state index is -0.810. The summed E-state index contributed by atoms with van der Waals surface area (Å²) in [6, 6.07) is 7.21. The second-order valence-electron chi connectivity index (χ2n) is 6.07. The lowest BCUT2D eigenvalue weighted by Gasteiger charge is -2.52. The Labute approximate surface area is 124 Å². The van der Waals surface area contributed by atoms with Crippen molar-refractivity contribution in [1.29, 1.82) is 0 Å². The molecular weight excluding hydrogens is 266 g/mol. The summed E-state index contributed by atoms with van der Waals surface area (Å²) in [6.07, 6.45) is 4.70. The van der Waals surface area contributed by atoms with Crippen molar-refractivity contribution in [1.82, 2.24) is 4.90 Å². The Morgan fingerprint density at radius 1 is 1.29 bits per heavy atom. The first kappa shape index (κ1) is 14.1. The van der Waals surface area contributed by atoms with Gasteiger partial charge in [-0.3, -0.25) is 9.59 Å². The molecule has 1 spiro atoms. The van der Waals surface area contributed by atoms with Gasteiger partial charge in [0, 0.05) is 12.1 Å². The van der Waals surface area contributed by atoms with Crippen molar-refractivity contribution in [2.75, 3.05) is 6.54 Å². The number of benzene rings is 1. The number of carbonyl (C=O) groups excluding carboxylic acids is 1. The fourth-order valence-corrected chi connectivity index (χ4v) is 4.28. The molecule has 1 fully saturated rings. The molecule has 0 aromatic heterocycles. The highest BCUT2D eigenvalue weighted by Crippen LogP contribution is 2.48. The highest BCUT2D eigenvalue weighted by atomic mass is 16.4. The van der Waals surface area contributed by atoms with Crippen molar-refractivity contribution in [3.8, 4) is 0 Å². The first-order chi connectivity index (χ1) is 10.1. The van der Waals surface area contributed by atoms with Gasteiger partial charge in [0.2, 0.25) is 0 Å². The lowest BCUT2D eigenvalue weighted by Crippen LogP contribution is -2.61. The normalized spacial score (nSPS) is 24.0. The van der Waals surface area contributed by atoms with Crippen molar-refractivity contribution in [2.45, 2.75) is 50.5 Å². The van der Waals surface area contributed by atoms with Gasteiger partial charge in [-0.15, -0.1) is 0 Å². The number of rotatable bonds is 2. The molecule has 0 saturated heterocycles. The van der Waals surface area contributed by atoms with E-state index in [4.69, 9.17) is 0 Å². The van der Waals surface area contributed by atoms with E-state index in [1.807, 2.05) is 30.0 Å². The molecule has 1 N–H and O–H groups in total. The summed E-state index contributed by atoms with van der Waals surface area (Å²) in [5.41, 5.74) is 0.717. The number of carbonyl (C=O) groups is 2. The van der Waals surface area contributed by atoms with Crippen LogP contribution in [-0.2, 0) is 4.79 Å². The van der Waals surface area contributed by atoms with Crippen LogP contribution in [0.2, 0.25) is 0 Å². The molecule has 1 atom stereocenters. The minimum Gasteiger partial charge on any atom is -0.481 e. The Morgan fingerprint density at radius 2 is 1.95 bits per heavy atom. The van der Waals surface area contributed by atoms with Gasteiger partial charge in [0.05, 0.1) is 5.54 Å². The van der Waals surface area contributed by atoms with Crippen LogP contribution in [0.25, 0.3) is 0 Å². The SMILES string of the molecule is CCN1C(=O)c2ccccc2C(C(=O)O)C12CCCCC2. The molecule has 4 nitrogen and oxygen atoms in total. The Balaban J connectivity index is 2.21. The van der Waals surface area contributed by atoms with Gasteiger partial charge in [0.15, 0.2) is 0 Å². The van der Waals surface area contributed by atoms with Gasteiger partial charge in [-0.25, -0.2) is 0 Å². The number of carboxylic acid groups (broad SMARTS) is 1. The van der Waals surface area contributed by atoms with Crippen molar-refractivity contribution in [2.24, 2.45) is 0 Å². The second-order valence-corrected chi connectivity index (χ2v) is 6.07. The molecule has 2 aliphatic rings. The van der Waals surface area contributed by atoms with Gasteiger partial charge < -0.3 is 10.0 Å². The van der Waals surface area contributed by atoms with E-state index in [9.17, 15) is 14.7 Å². The van der Waals surface area contributed by atoms with Gasteiger partial charge >= 0.3 is 5.97 Å². The summed E-state index contributed by atoms with van der Waals surface area (Å²) >= 11 is 0. The number of likely N-dealkylation sites (N-methyl/N-ethyl adjacent to an activating group) is 1. The number of carboxylic acids is 1. The minimum absolute atomic E-state index is 0.00694. The van der Waals surface area contributed by atoms with Crippen LogP contribution in [0.4, 0.5) is 0 Å². The standard InChI is InChI=1S/C17H21NO3/c1-2-18-15(19)13-9-5-4-8-12(13)14(16(20)21)17(18)10-6-3-7-11-17/h4-5,8-9,14H,2-3,6-7,10-11H2,1H3,(H,20,21). The summed E-state index contributed by atoms with van der Waals surface area (Å²) in [4.78, 5) is 26.7. The maximum absolute atomic E-state index is 12.8. The predicted molar refractivity (Wildman–Crippen MR) is 79.3 cm³/mol. The van der Waals surface area contributed by atoms with E-state index >= 15 is 0 Å². The number of amides is 1. The summed E-state index contributed by atoms with van der Waals surface area (Å²) in [5.74, 6) is -1.42. The van der Waals surface area contributed by atoms with E-state index in [0.717, 1.165) is 32.1 Å². The molecule has 0 bridgehead atoms. The molecule has 21 heavy (non-hydrogen) atoms. The van der Waals surface area contributed by atoms with E-state index < -0.39 is 17.4 Å². The summed E-state index contributed by atoms with van der Waals surface area (Å²) in [6.45, 7) is 2.51. The van der Waals surface area contributed by atoms with Gasteiger partial charge in [0.25, 0.3) is 5.91 Å². The summed E-state index contributed by atoms with van der Waals surface area (Å²) in [7, 11) is 0. The Bertz CT molecular complexity index is 575. The molecule has 1 amide bonds. The number of nitrogens with zero attached hydrogens (tertiary/aromatic N) is 1. The fraction of sp³-hybridized carbons (Fsp3) is 0.529. The molecule has 3 rings (SSSR count). The zero-order valence-corrected chi connectivity index (χ0v) is 12.3. The van der Waals surface area contributed by atoms with E-state index in [1.54, 1.807) is 6.07 Å². The lowest BCUT2D eigenvalue weighted by atomic mass is 9.65. The van der Waals surface area contributed by atoms with E-state index in [-0.39, 0.29) is 5.91 Å². The maximum Gasteiger partial charge on any atom is 0.313 e. The van der Waals surface area contributed by atoms with Crippen molar-refractivity contribution >= 4 is 11.9 Å². The van der Waals surface area contributed by atoms with Crippen LogP contribution in [-0.4, -0.2) is 34.0 Å². The van der Waals surface area contributed by atoms with Crippen LogP contribution in [0.3, 0.4) is 0 Å². The average molecular weight is 287 g/mol. The first-order valence-electron chi connectivity index (χ1n) is 7.75. The zero-order chi connectivity index (χ0) is 15.0. The Morgan fingerprint density at radius 3 is 2.57 bits per heavy atom. The van der Waals surface area contributed by atoms with E-state index in [0.29, 0.717) is 17.7 Å². The number of aliphatic carboxylic acids is 1. The lowest BCUT2D eigenvalue weighted by molar-refractivity contribution is -0.144. The largest absolute Gasteiger partial charge is 0.481 e. The first-order valence-corrected chi connectivity index (χ1v) is 7.75. The molecule has 4 heteroatoms. The van der Waals surface area contributed by atoms with Crippen LogP contribution >= 0.6 is 0 Å². The Hall–Kier alpha value is -1.84. The molecule has 1 aromatic carbocycles. The molecule has 1 saturated carbocycles. The van der Waals surface area contributed by atoms with Gasteiger partial charge in [-0.2, -0.15) is 0 Å². The third-order valence-electron chi connectivity index (χ3n) is 5.10. The summed E-state index contributed by atoms with van der Waals surface area (Å²) < 4.78 is 0. The fourth-order valence-electron chi connectivity index (χ4n) is 4.28. The van der Waals surface area contributed by atoms with Gasteiger partial charge in [-0.05, 0) is 31.4 Å². The molecule has 1 aliphatic carbocycles. The third-order valence-corrected chi connectivity index (χ3v) is 5.10. The van der Waals surface area contributed by atoms with Crippen LogP contribution in [0, 0.1) is 0 Å². The molecule has 1 unspecified atom stereocenters. The van der Waals surface area contributed by atoms with Crippen molar-refractivity contribution < 1.29 is 14.7 Å². The molecular formula is C17H21NO3. The highest BCUT2D eigenvalue weighted by Gasteiger charge is 2.54. The molecule has 1 aliphatic heterocycles. The average Bonchev–Trinajstić information content (AvgIpc) is 2.48. The quantitative estimate of drug-likeness (QED) is 0.909. The van der Waals surface area contributed by atoms with Crippen LogP contribution < -0.4 is 0 Å². The maximum atomic E-state index is 12.8. The molecule has 0 radical (unpaired) electrons. The molecule has 1 heterocycles. The smallest absolute Gasteiger partial charge is 0.313 e. The van der Waals surface area contributed by atoms with Gasteiger partial charge in [0.1, 0.15) is 5.92 Å². The van der Waals surface area contributed by atoms with Crippen LogP contribution in [0.15, 0.2) is 24.3 Å². The highest BCUT2D eigenvalue weighted by molar-refractivity contribution is 6.01. The van der Waals surface area contributed by atoms with Crippen LogP contribution in [0.5, 0.6) is 0 Å². The number of hydrogen-bond acceptors (Lipinski definition) is 2. The van der Waals surface area contributed by atoms with Crippen molar-refractivity contribution in [3.63, 3.8) is 0 Å². The monoisotopic (exact) mass is 287 g/mol. The van der Waals surface area contributed by atoms with E-state index in [2.05, 4.69) is 0 Å². The topological polar surface area (TPSA) is 57.6 Å². The second kappa shape index (κ2) is 5.17. The van der Waals surface area contributed by atoms with E-state index in [1.165, 1.54) is 0 Å².